The molecule has 6 heteroatoms. The van der Waals surface area contributed by atoms with E-state index in [1.165, 1.54) is 0 Å². The molecule has 1 atom stereocenters. The van der Waals surface area contributed by atoms with Gasteiger partial charge in [-0.15, -0.1) is 0 Å². The van der Waals surface area contributed by atoms with Gasteiger partial charge in [-0.05, 0) is 20.7 Å². The summed E-state index contributed by atoms with van der Waals surface area (Å²) < 4.78 is 17.4. The Balaban J connectivity index is 0. The molecule has 0 heterocycles. The molecular weight excluding hydrogens is 178 g/mol. The molecule has 0 amide bonds. The molecular formula is HO2PS2V. The first-order valence-electron chi connectivity index (χ1n) is 0.757. The summed E-state index contributed by atoms with van der Waals surface area (Å²) in [6, 6.07) is 0. The van der Waals surface area contributed by atoms with Crippen LogP contribution in [0.15, 0.2) is 0 Å². The standard InChI is InChI=1S/HOPS2.O.V/c1-2-4-3;;/h2H;;. The summed E-state index contributed by atoms with van der Waals surface area (Å²) >= 11 is 5.23. The van der Waals surface area contributed by atoms with Gasteiger partial charge in [0.15, 0.2) is 7.24 Å². The molecule has 0 aliphatic carbocycles. The molecule has 6 heavy (non-hydrogen) atoms. The maximum absolute atomic E-state index is 9.19. The second kappa shape index (κ2) is 16.8. The van der Waals surface area contributed by atoms with Crippen molar-refractivity contribution >= 4 is 27.9 Å². The molecule has 0 spiro atoms. The van der Waals surface area contributed by atoms with Crippen LogP contribution in [0.2, 0.25) is 0 Å². The van der Waals surface area contributed by atoms with Gasteiger partial charge in [0.1, 0.15) is 0 Å². The molecule has 0 rings (SSSR count). The fourth-order valence-electron chi connectivity index (χ4n) is 0. The Bertz CT molecular complexity index is 71.5. The molecule has 0 aromatic heterocycles. The van der Waals surface area contributed by atoms with Crippen molar-refractivity contribution in [1.29, 1.82) is 0 Å². The van der Waals surface area contributed by atoms with E-state index in [1.54, 1.807) is 0 Å². The number of rotatable bonds is 0. The first-order valence-corrected chi connectivity index (χ1v) is 4.70. The van der Waals surface area contributed by atoms with Crippen LogP contribution >= 0.6 is 7.24 Å². The first-order chi connectivity index (χ1) is 2.91. The summed E-state index contributed by atoms with van der Waals surface area (Å²) in [4.78, 5) is 0. The van der Waals surface area contributed by atoms with Gasteiger partial charge in [0.25, 0.3) is 0 Å². The third-order valence-electron chi connectivity index (χ3n) is 0.0340. The third kappa shape index (κ3) is 20.5. The van der Waals surface area contributed by atoms with Crippen LogP contribution in [-0.2, 0) is 46.3 Å². The Hall–Kier alpha value is 0.924. The maximum atomic E-state index is 9.19. The predicted molar refractivity (Wildman–Crippen MR) is 24.4 cm³/mol. The van der Waals surface area contributed by atoms with Crippen LogP contribution in [-0.4, -0.2) is 0 Å². The molecule has 0 N–H and O–H groups in total. The van der Waals surface area contributed by atoms with Gasteiger partial charge in [-0.2, -0.15) is 0 Å². The Morgan fingerprint density at radius 1 is 1.67 bits per heavy atom. The number of hydrogen-bond donors (Lipinski definition) is 0. The van der Waals surface area contributed by atoms with E-state index >= 15 is 0 Å². The molecule has 0 fully saturated rings. The molecule has 0 saturated heterocycles. The minimum atomic E-state index is -0.378. The van der Waals surface area contributed by atoms with E-state index in [2.05, 4.69) is 11.2 Å². The van der Waals surface area contributed by atoms with Crippen molar-refractivity contribution in [2.75, 3.05) is 0 Å². The van der Waals surface area contributed by atoms with E-state index in [9.17, 15) is 4.57 Å². The molecule has 0 aromatic carbocycles. The summed E-state index contributed by atoms with van der Waals surface area (Å²) in [6.07, 6.45) is 0. The fourth-order valence-corrected chi connectivity index (χ4v) is 0. The fraction of sp³-hybridized carbons (Fsp3) is 0. The van der Waals surface area contributed by atoms with Crippen LogP contribution in [0.25, 0.3) is 0 Å². The monoisotopic (exact) mass is 179 g/mol. The van der Waals surface area contributed by atoms with E-state index in [0.717, 1.165) is 26.9 Å². The number of hydrogen-bond acceptors (Lipinski definition) is 3. The van der Waals surface area contributed by atoms with E-state index in [4.69, 9.17) is 3.67 Å². The average molecular weight is 179 g/mol. The van der Waals surface area contributed by atoms with Crippen LogP contribution in [0.3, 0.4) is 0 Å². The van der Waals surface area contributed by atoms with Crippen LogP contribution < -0.4 is 0 Å². The average Bonchev–Trinajstić information content (AvgIpc) is 1.72. The summed E-state index contributed by atoms with van der Waals surface area (Å²) in [5.74, 6) is 0. The van der Waals surface area contributed by atoms with Gasteiger partial charge in [-0.25, -0.2) is 0 Å². The quantitative estimate of drug-likeness (QED) is 0.503. The second-order valence-corrected chi connectivity index (χ2v) is 3.00. The molecule has 0 bridgehead atoms. The van der Waals surface area contributed by atoms with E-state index in [1.807, 2.05) is 0 Å². The third-order valence-corrected chi connectivity index (χ3v) is 0.919. The normalized spacial score (nSPS) is 5.17. The SMILES string of the molecule is O=[PH]=S=S.[O]=[V]. The van der Waals surface area contributed by atoms with Gasteiger partial charge in [0.2, 0.25) is 0 Å². The molecule has 0 aliphatic heterocycles. The van der Waals surface area contributed by atoms with Crippen LogP contribution in [0.1, 0.15) is 0 Å². The molecule has 2 nitrogen and oxygen atoms in total. The van der Waals surface area contributed by atoms with E-state index in [-0.39, 0.29) is 7.24 Å². The molecule has 0 radical (unpaired) electrons. The van der Waals surface area contributed by atoms with Crippen molar-refractivity contribution in [2.24, 2.45) is 0 Å². The molecule has 1 unspecified atom stereocenters. The summed E-state index contributed by atoms with van der Waals surface area (Å²) in [7, 11) is 0.534. The van der Waals surface area contributed by atoms with Gasteiger partial charge in [0, 0.05) is 0 Å². The van der Waals surface area contributed by atoms with Gasteiger partial charge >= 0.3 is 21.0 Å². The molecule has 0 aliphatic rings. The zero-order chi connectivity index (χ0) is 5.41. The van der Waals surface area contributed by atoms with Crippen molar-refractivity contribution in [3.63, 3.8) is 0 Å². The van der Waals surface area contributed by atoms with Crippen molar-refractivity contribution < 1.29 is 25.6 Å². The van der Waals surface area contributed by atoms with E-state index in [0.29, 0.717) is 0 Å². The Morgan fingerprint density at radius 2 is 1.83 bits per heavy atom. The zero-order valence-electron chi connectivity index (χ0n) is 2.58. The van der Waals surface area contributed by atoms with Crippen LogP contribution in [0.4, 0.5) is 0 Å². The van der Waals surface area contributed by atoms with Crippen LogP contribution in [0, 0.1) is 0 Å². The minimum absolute atomic E-state index is 0.378. The molecule has 0 aromatic rings. The van der Waals surface area contributed by atoms with Crippen molar-refractivity contribution in [3.05, 3.63) is 0 Å². The predicted octanol–water partition coefficient (Wildman–Crippen LogP) is 0.349. The van der Waals surface area contributed by atoms with E-state index < -0.39 is 0 Å². The summed E-state index contributed by atoms with van der Waals surface area (Å²) in [5, 5.41) is 0. The molecule has 0 saturated carbocycles. The first kappa shape index (κ1) is 10.0. The summed E-state index contributed by atoms with van der Waals surface area (Å²) in [5.41, 5.74) is 0. The van der Waals surface area contributed by atoms with Crippen molar-refractivity contribution in [3.8, 4) is 0 Å². The zero-order valence-corrected chi connectivity index (χ0v) is 6.61. The van der Waals surface area contributed by atoms with Gasteiger partial charge in [-0.1, -0.05) is 0 Å². The van der Waals surface area contributed by atoms with Gasteiger partial charge in [-0.3, -0.25) is 4.57 Å². The second-order valence-electron chi connectivity index (χ2n) is 0.167. The summed E-state index contributed by atoms with van der Waals surface area (Å²) in [6.45, 7) is 0. The van der Waals surface area contributed by atoms with Crippen molar-refractivity contribution in [1.82, 2.24) is 0 Å². The van der Waals surface area contributed by atoms with Crippen LogP contribution in [0.5, 0.6) is 0 Å². The topological polar surface area (TPSA) is 34.1 Å². The van der Waals surface area contributed by atoms with Gasteiger partial charge in [0.05, 0.1) is 0 Å². The van der Waals surface area contributed by atoms with Gasteiger partial charge < -0.3 is 0 Å². The Morgan fingerprint density at radius 3 is 1.83 bits per heavy atom. The Kier molecular flexibility index (Phi) is 28.1. The van der Waals surface area contributed by atoms with Crippen molar-refractivity contribution in [2.45, 2.75) is 0 Å². The Labute approximate surface area is 53.6 Å². The molecule has 35 valence electrons.